The molecule has 0 saturated heterocycles. The number of hydrogen-bond acceptors (Lipinski definition) is 6. The zero-order valence-corrected chi connectivity index (χ0v) is 20.7. The SMILES string of the molecule is CCCCCOc1ccc(C=C(C#N)C(=O)Nc2ncc(Cc3ccccc3Cl)s2)cc1OC. The van der Waals surface area contributed by atoms with Gasteiger partial charge in [0, 0.05) is 22.5 Å². The summed E-state index contributed by atoms with van der Waals surface area (Å²) in [6.45, 7) is 2.75. The lowest BCUT2D eigenvalue weighted by atomic mass is 10.1. The van der Waals surface area contributed by atoms with Crippen LogP contribution < -0.4 is 14.8 Å². The van der Waals surface area contributed by atoms with Gasteiger partial charge in [-0.2, -0.15) is 5.26 Å². The Morgan fingerprint density at radius 1 is 1.24 bits per heavy atom. The molecule has 6 nitrogen and oxygen atoms in total. The Balaban J connectivity index is 1.67. The van der Waals surface area contributed by atoms with E-state index in [1.165, 1.54) is 17.4 Å². The third kappa shape index (κ3) is 7.08. The summed E-state index contributed by atoms with van der Waals surface area (Å²) in [6.07, 6.45) is 7.01. The van der Waals surface area contributed by atoms with Gasteiger partial charge in [-0.05, 0) is 41.8 Å². The molecule has 176 valence electrons. The molecule has 0 fully saturated rings. The zero-order chi connectivity index (χ0) is 24.3. The van der Waals surface area contributed by atoms with Crippen molar-refractivity contribution in [2.24, 2.45) is 0 Å². The van der Waals surface area contributed by atoms with E-state index in [1.54, 1.807) is 31.5 Å². The van der Waals surface area contributed by atoms with Gasteiger partial charge < -0.3 is 9.47 Å². The molecule has 0 aliphatic rings. The molecule has 1 heterocycles. The fraction of sp³-hybridized carbons (Fsp3) is 0.269. The molecule has 0 aliphatic carbocycles. The summed E-state index contributed by atoms with van der Waals surface area (Å²) in [6, 6.07) is 14.9. The van der Waals surface area contributed by atoms with Gasteiger partial charge in [-0.1, -0.05) is 55.6 Å². The van der Waals surface area contributed by atoms with E-state index >= 15 is 0 Å². The highest BCUT2D eigenvalue weighted by Crippen LogP contribution is 2.29. The van der Waals surface area contributed by atoms with Gasteiger partial charge in [-0.3, -0.25) is 10.1 Å². The van der Waals surface area contributed by atoms with Crippen LogP contribution in [0.4, 0.5) is 5.13 Å². The second-order valence-electron chi connectivity index (χ2n) is 7.49. The number of rotatable bonds is 11. The van der Waals surface area contributed by atoms with E-state index in [4.69, 9.17) is 21.1 Å². The number of anilines is 1. The highest BCUT2D eigenvalue weighted by Gasteiger charge is 2.14. The maximum Gasteiger partial charge on any atom is 0.268 e. The summed E-state index contributed by atoms with van der Waals surface area (Å²) in [4.78, 5) is 17.9. The number of unbranched alkanes of at least 4 members (excludes halogenated alkanes) is 2. The van der Waals surface area contributed by atoms with Crippen molar-refractivity contribution in [3.05, 3.63) is 75.3 Å². The first-order valence-electron chi connectivity index (χ1n) is 11.0. The molecular formula is C26H26ClN3O3S. The number of amides is 1. The van der Waals surface area contributed by atoms with E-state index in [-0.39, 0.29) is 5.57 Å². The average Bonchev–Trinajstić information content (AvgIpc) is 3.28. The average molecular weight is 496 g/mol. The largest absolute Gasteiger partial charge is 0.493 e. The van der Waals surface area contributed by atoms with Crippen molar-refractivity contribution in [1.29, 1.82) is 5.26 Å². The first kappa shape index (κ1) is 25.3. The van der Waals surface area contributed by atoms with Gasteiger partial charge in [-0.25, -0.2) is 4.98 Å². The summed E-state index contributed by atoms with van der Waals surface area (Å²) >= 11 is 7.57. The van der Waals surface area contributed by atoms with Crippen LogP contribution in [0.15, 0.2) is 54.2 Å². The molecule has 0 unspecified atom stereocenters. The lowest BCUT2D eigenvalue weighted by molar-refractivity contribution is -0.112. The van der Waals surface area contributed by atoms with Crippen LogP contribution in [0.25, 0.3) is 6.08 Å². The number of nitrogens with zero attached hydrogens (tertiary/aromatic N) is 2. The van der Waals surface area contributed by atoms with Crippen molar-refractivity contribution in [3.63, 3.8) is 0 Å². The Bertz CT molecular complexity index is 1200. The molecule has 0 saturated carbocycles. The first-order chi connectivity index (χ1) is 16.5. The predicted molar refractivity (Wildman–Crippen MR) is 137 cm³/mol. The summed E-state index contributed by atoms with van der Waals surface area (Å²) in [5.41, 5.74) is 1.60. The minimum absolute atomic E-state index is 0.0403. The molecule has 0 bridgehead atoms. The van der Waals surface area contributed by atoms with E-state index in [0.29, 0.717) is 40.2 Å². The first-order valence-corrected chi connectivity index (χ1v) is 12.2. The second-order valence-corrected chi connectivity index (χ2v) is 9.01. The standard InChI is InChI=1S/C26H26ClN3O3S/c1-3-4-7-12-33-23-11-10-18(14-24(23)32-2)13-20(16-28)25(31)30-26-29-17-21(34-26)15-19-8-5-6-9-22(19)27/h5-6,8-11,13-14,17H,3-4,7,12,15H2,1-2H3,(H,29,30,31). The van der Waals surface area contributed by atoms with Gasteiger partial charge in [0.2, 0.25) is 0 Å². The van der Waals surface area contributed by atoms with Crippen LogP contribution in [-0.2, 0) is 11.2 Å². The van der Waals surface area contributed by atoms with Crippen LogP contribution in [0.5, 0.6) is 11.5 Å². The Kier molecular flexibility index (Phi) is 9.51. The Morgan fingerprint density at radius 2 is 2.06 bits per heavy atom. The molecule has 0 spiro atoms. The highest BCUT2D eigenvalue weighted by molar-refractivity contribution is 7.15. The van der Waals surface area contributed by atoms with Gasteiger partial charge in [0.1, 0.15) is 11.6 Å². The van der Waals surface area contributed by atoms with Crippen LogP contribution in [0.2, 0.25) is 5.02 Å². The van der Waals surface area contributed by atoms with E-state index in [1.807, 2.05) is 30.3 Å². The fourth-order valence-electron chi connectivity index (χ4n) is 3.18. The van der Waals surface area contributed by atoms with Crippen LogP contribution >= 0.6 is 22.9 Å². The molecule has 8 heteroatoms. The topological polar surface area (TPSA) is 84.2 Å². The maximum atomic E-state index is 12.7. The molecule has 3 rings (SSSR count). The van der Waals surface area contributed by atoms with E-state index in [0.717, 1.165) is 29.7 Å². The molecule has 34 heavy (non-hydrogen) atoms. The van der Waals surface area contributed by atoms with Crippen molar-refractivity contribution in [2.45, 2.75) is 32.6 Å². The van der Waals surface area contributed by atoms with Crippen molar-refractivity contribution >= 4 is 40.1 Å². The predicted octanol–water partition coefficient (Wildman–Crippen LogP) is 6.51. The summed E-state index contributed by atoms with van der Waals surface area (Å²) in [7, 11) is 1.56. The number of methoxy groups -OCH3 is 1. The number of nitrogens with one attached hydrogen (secondary N) is 1. The minimum atomic E-state index is -0.528. The Labute approximate surface area is 208 Å². The molecular weight excluding hydrogens is 470 g/mol. The quantitative estimate of drug-likeness (QED) is 0.186. The fourth-order valence-corrected chi connectivity index (χ4v) is 4.22. The molecule has 1 N–H and O–H groups in total. The van der Waals surface area contributed by atoms with Crippen LogP contribution in [0.1, 0.15) is 42.2 Å². The summed E-state index contributed by atoms with van der Waals surface area (Å²) in [5, 5.41) is 13.4. The molecule has 0 atom stereocenters. The van der Waals surface area contributed by atoms with Crippen LogP contribution in [0, 0.1) is 11.3 Å². The van der Waals surface area contributed by atoms with Crippen LogP contribution in [-0.4, -0.2) is 24.6 Å². The molecule has 2 aromatic carbocycles. The van der Waals surface area contributed by atoms with Gasteiger partial charge >= 0.3 is 0 Å². The Hall–Kier alpha value is -3.34. The van der Waals surface area contributed by atoms with Crippen molar-refractivity contribution in [2.75, 3.05) is 19.0 Å². The number of nitriles is 1. The molecule has 0 aliphatic heterocycles. The van der Waals surface area contributed by atoms with E-state index in [2.05, 4.69) is 17.2 Å². The second kappa shape index (κ2) is 12.8. The lowest BCUT2D eigenvalue weighted by Gasteiger charge is -2.11. The smallest absolute Gasteiger partial charge is 0.268 e. The number of carbonyl (C=O) groups is 1. The number of halogens is 1. The number of aromatic nitrogens is 1. The van der Waals surface area contributed by atoms with Gasteiger partial charge in [-0.15, -0.1) is 11.3 Å². The van der Waals surface area contributed by atoms with Crippen molar-refractivity contribution in [3.8, 4) is 17.6 Å². The zero-order valence-electron chi connectivity index (χ0n) is 19.1. The molecule has 1 aromatic heterocycles. The van der Waals surface area contributed by atoms with Gasteiger partial charge in [0.05, 0.1) is 13.7 Å². The normalized spacial score (nSPS) is 11.1. The van der Waals surface area contributed by atoms with E-state index < -0.39 is 5.91 Å². The van der Waals surface area contributed by atoms with E-state index in [9.17, 15) is 10.1 Å². The summed E-state index contributed by atoms with van der Waals surface area (Å²) in [5.74, 6) is 0.652. The van der Waals surface area contributed by atoms with Crippen LogP contribution in [0.3, 0.4) is 0 Å². The maximum absolute atomic E-state index is 12.7. The third-order valence-corrected chi connectivity index (χ3v) is 6.25. The Morgan fingerprint density at radius 3 is 2.79 bits per heavy atom. The van der Waals surface area contributed by atoms with Gasteiger partial charge in [0.25, 0.3) is 5.91 Å². The highest BCUT2D eigenvalue weighted by atomic mass is 35.5. The summed E-state index contributed by atoms with van der Waals surface area (Å²) < 4.78 is 11.2. The number of thiazole rings is 1. The molecule has 1 amide bonds. The van der Waals surface area contributed by atoms with Crippen molar-refractivity contribution in [1.82, 2.24) is 4.98 Å². The van der Waals surface area contributed by atoms with Gasteiger partial charge in [0.15, 0.2) is 16.6 Å². The molecule has 0 radical (unpaired) electrons. The monoisotopic (exact) mass is 495 g/mol. The minimum Gasteiger partial charge on any atom is -0.493 e. The number of hydrogen-bond donors (Lipinski definition) is 1. The van der Waals surface area contributed by atoms with Crippen molar-refractivity contribution < 1.29 is 14.3 Å². The number of carbonyl (C=O) groups excluding carboxylic acids is 1. The lowest BCUT2D eigenvalue weighted by Crippen LogP contribution is -2.13. The number of benzene rings is 2. The number of ether oxygens (including phenoxy) is 2. The molecule has 3 aromatic rings. The third-order valence-electron chi connectivity index (χ3n) is 4.97.